The van der Waals surface area contributed by atoms with Crippen molar-refractivity contribution in [3.63, 3.8) is 0 Å². The molecule has 3 N–H and O–H groups in total. The average molecular weight is 284 g/mol. The van der Waals surface area contributed by atoms with E-state index in [-0.39, 0.29) is 11.3 Å². The number of hydrogen-bond acceptors (Lipinski definition) is 3. The first kappa shape index (κ1) is 17.7. The molecular formula is C11H19F3N2O3. The summed E-state index contributed by atoms with van der Waals surface area (Å²) in [4.78, 5) is 22.4. The minimum Gasteiger partial charge on any atom is -0.480 e. The zero-order valence-corrected chi connectivity index (χ0v) is 11.1. The van der Waals surface area contributed by atoms with Crippen molar-refractivity contribution in [2.24, 2.45) is 11.1 Å². The Kier molecular flexibility index (Phi) is 5.80. The predicted octanol–water partition coefficient (Wildman–Crippen LogP) is 1.23. The van der Waals surface area contributed by atoms with Gasteiger partial charge in [-0.15, -0.1) is 0 Å². The maximum Gasteiger partial charge on any atom is 0.406 e. The molecule has 1 unspecified atom stereocenters. The summed E-state index contributed by atoms with van der Waals surface area (Å²) in [5.41, 5.74) is 5.25. The Morgan fingerprint density at radius 1 is 1.26 bits per heavy atom. The molecule has 0 saturated carbocycles. The largest absolute Gasteiger partial charge is 0.480 e. The van der Waals surface area contributed by atoms with Crippen LogP contribution in [0, 0.1) is 5.41 Å². The molecule has 0 saturated heterocycles. The number of nitrogens with zero attached hydrogens (tertiary/aromatic N) is 1. The third-order valence-electron chi connectivity index (χ3n) is 2.56. The number of carboxylic acid groups (broad SMARTS) is 1. The minimum absolute atomic E-state index is 0.258. The van der Waals surface area contributed by atoms with Gasteiger partial charge in [-0.05, 0) is 5.41 Å². The van der Waals surface area contributed by atoms with Gasteiger partial charge in [0.25, 0.3) is 0 Å². The van der Waals surface area contributed by atoms with Crippen LogP contribution in [0.4, 0.5) is 13.2 Å². The molecule has 0 aromatic rings. The highest BCUT2D eigenvalue weighted by Gasteiger charge is 2.35. The molecule has 0 spiro atoms. The third kappa shape index (κ3) is 7.66. The monoisotopic (exact) mass is 284 g/mol. The second-order valence-corrected chi connectivity index (χ2v) is 5.44. The molecule has 0 aromatic carbocycles. The molecule has 0 aliphatic heterocycles. The van der Waals surface area contributed by atoms with Crippen LogP contribution in [0.15, 0.2) is 0 Å². The molecule has 0 fully saturated rings. The van der Waals surface area contributed by atoms with Crippen LogP contribution in [0.1, 0.15) is 27.2 Å². The fourth-order valence-electron chi connectivity index (χ4n) is 1.24. The lowest BCUT2D eigenvalue weighted by molar-refractivity contribution is -0.166. The topological polar surface area (TPSA) is 83.6 Å². The minimum atomic E-state index is -4.64. The molecule has 1 atom stereocenters. The van der Waals surface area contributed by atoms with Crippen LogP contribution in [0.5, 0.6) is 0 Å². The molecule has 5 nitrogen and oxygen atoms in total. The molecule has 0 rings (SSSR count). The van der Waals surface area contributed by atoms with Gasteiger partial charge in [0, 0.05) is 12.5 Å². The van der Waals surface area contributed by atoms with E-state index in [2.05, 4.69) is 0 Å². The standard InChI is InChI=1S/C11H19F3N2O3/c1-10(2,3)7(15)4-8(17)16(5-9(18)19)6-11(12,13)14/h7H,4-6,15H2,1-3H3,(H,18,19). The summed E-state index contributed by atoms with van der Waals surface area (Å²) >= 11 is 0. The Balaban J connectivity index is 4.77. The molecule has 1 amide bonds. The number of carbonyl (C=O) groups excluding carboxylic acids is 1. The van der Waals surface area contributed by atoms with E-state index in [9.17, 15) is 22.8 Å². The van der Waals surface area contributed by atoms with Crippen LogP contribution < -0.4 is 5.73 Å². The highest BCUT2D eigenvalue weighted by Crippen LogP contribution is 2.22. The van der Waals surface area contributed by atoms with Gasteiger partial charge in [-0.2, -0.15) is 13.2 Å². The Hall–Kier alpha value is -1.31. The van der Waals surface area contributed by atoms with Gasteiger partial charge in [-0.25, -0.2) is 0 Å². The summed E-state index contributed by atoms with van der Waals surface area (Å²) in [6, 6.07) is -0.649. The molecule has 112 valence electrons. The van der Waals surface area contributed by atoms with Crippen LogP contribution in [-0.2, 0) is 9.59 Å². The average Bonchev–Trinajstić information content (AvgIpc) is 2.11. The molecule has 0 aromatic heterocycles. The van der Waals surface area contributed by atoms with E-state index in [0.717, 1.165) is 0 Å². The molecule has 0 radical (unpaired) electrons. The smallest absolute Gasteiger partial charge is 0.406 e. The molecule has 19 heavy (non-hydrogen) atoms. The maximum absolute atomic E-state index is 12.3. The number of hydrogen-bond donors (Lipinski definition) is 2. The maximum atomic E-state index is 12.3. The number of amides is 1. The Morgan fingerprint density at radius 3 is 2.05 bits per heavy atom. The number of halogens is 3. The van der Waals surface area contributed by atoms with E-state index in [1.165, 1.54) is 0 Å². The van der Waals surface area contributed by atoms with Crippen molar-refractivity contribution in [1.29, 1.82) is 0 Å². The lowest BCUT2D eigenvalue weighted by Gasteiger charge is -2.29. The molecular weight excluding hydrogens is 265 g/mol. The highest BCUT2D eigenvalue weighted by molar-refractivity contribution is 5.81. The SMILES string of the molecule is CC(C)(C)C(N)CC(=O)N(CC(=O)O)CC(F)(F)F. The zero-order chi connectivity index (χ0) is 15.4. The van der Waals surface area contributed by atoms with Gasteiger partial charge in [-0.3, -0.25) is 9.59 Å². The van der Waals surface area contributed by atoms with Crippen molar-refractivity contribution in [2.45, 2.75) is 39.4 Å². The first-order valence-corrected chi connectivity index (χ1v) is 5.65. The number of alkyl halides is 3. The number of carboxylic acids is 1. The van der Waals surface area contributed by atoms with E-state index in [4.69, 9.17) is 10.8 Å². The number of nitrogens with two attached hydrogens (primary N) is 1. The first-order chi connectivity index (χ1) is 8.33. The molecule has 8 heteroatoms. The van der Waals surface area contributed by atoms with Gasteiger partial charge in [0.05, 0.1) is 0 Å². The van der Waals surface area contributed by atoms with Gasteiger partial charge < -0.3 is 15.7 Å². The van der Waals surface area contributed by atoms with E-state index in [1.807, 2.05) is 0 Å². The summed E-state index contributed by atoms with van der Waals surface area (Å²) in [5, 5.41) is 8.53. The number of rotatable bonds is 5. The van der Waals surface area contributed by atoms with Crippen molar-refractivity contribution in [3.8, 4) is 0 Å². The second kappa shape index (κ2) is 6.23. The predicted molar refractivity (Wildman–Crippen MR) is 62.3 cm³/mol. The van der Waals surface area contributed by atoms with Crippen LogP contribution in [0.2, 0.25) is 0 Å². The fraction of sp³-hybridized carbons (Fsp3) is 0.818. The second-order valence-electron chi connectivity index (χ2n) is 5.44. The summed E-state index contributed by atoms with van der Waals surface area (Å²) < 4.78 is 36.8. The van der Waals surface area contributed by atoms with Gasteiger partial charge in [0.15, 0.2) is 0 Å². The van der Waals surface area contributed by atoms with Crippen LogP contribution in [0.3, 0.4) is 0 Å². The van der Waals surface area contributed by atoms with Crippen LogP contribution in [0.25, 0.3) is 0 Å². The quantitative estimate of drug-likeness (QED) is 0.795. The molecule has 0 heterocycles. The normalized spacial score (nSPS) is 14.1. The Bertz CT molecular complexity index is 337. The Morgan fingerprint density at radius 2 is 1.74 bits per heavy atom. The number of aliphatic carboxylic acids is 1. The van der Waals surface area contributed by atoms with Crippen molar-refractivity contribution >= 4 is 11.9 Å². The zero-order valence-electron chi connectivity index (χ0n) is 11.1. The van der Waals surface area contributed by atoms with Crippen molar-refractivity contribution in [1.82, 2.24) is 4.90 Å². The molecule has 0 aliphatic rings. The van der Waals surface area contributed by atoms with E-state index in [0.29, 0.717) is 0 Å². The van der Waals surface area contributed by atoms with Gasteiger partial charge in [0.1, 0.15) is 13.1 Å². The van der Waals surface area contributed by atoms with Gasteiger partial charge >= 0.3 is 12.1 Å². The molecule has 0 bridgehead atoms. The van der Waals surface area contributed by atoms with Crippen molar-refractivity contribution in [3.05, 3.63) is 0 Å². The summed E-state index contributed by atoms with van der Waals surface area (Å²) in [5.74, 6) is -2.41. The van der Waals surface area contributed by atoms with Crippen LogP contribution in [-0.4, -0.2) is 47.2 Å². The van der Waals surface area contributed by atoms with E-state index >= 15 is 0 Å². The third-order valence-corrected chi connectivity index (χ3v) is 2.56. The molecule has 0 aliphatic carbocycles. The van der Waals surface area contributed by atoms with Crippen LogP contribution >= 0.6 is 0 Å². The fourth-order valence-corrected chi connectivity index (χ4v) is 1.24. The lowest BCUT2D eigenvalue weighted by atomic mass is 9.85. The summed E-state index contributed by atoms with van der Waals surface area (Å²) in [6.07, 6.45) is -4.97. The summed E-state index contributed by atoms with van der Waals surface area (Å²) in [7, 11) is 0. The van der Waals surface area contributed by atoms with Gasteiger partial charge in [0.2, 0.25) is 5.91 Å². The van der Waals surface area contributed by atoms with E-state index in [1.54, 1.807) is 20.8 Å². The van der Waals surface area contributed by atoms with E-state index < -0.39 is 42.6 Å². The highest BCUT2D eigenvalue weighted by atomic mass is 19.4. The lowest BCUT2D eigenvalue weighted by Crippen LogP contribution is -2.46. The summed E-state index contributed by atoms with van der Waals surface area (Å²) in [6.45, 7) is 2.66. The number of carbonyl (C=O) groups is 2. The van der Waals surface area contributed by atoms with Gasteiger partial charge in [-0.1, -0.05) is 20.8 Å². The van der Waals surface area contributed by atoms with Crippen molar-refractivity contribution < 1.29 is 27.9 Å². The Labute approximate surface area is 109 Å². The van der Waals surface area contributed by atoms with Crippen molar-refractivity contribution in [2.75, 3.05) is 13.1 Å². The first-order valence-electron chi connectivity index (χ1n) is 5.65.